The Kier molecular flexibility index (Phi) is 5.71. The van der Waals surface area contributed by atoms with Crippen LogP contribution in [0, 0.1) is 6.92 Å². The lowest BCUT2D eigenvalue weighted by Crippen LogP contribution is -2.27. The Balaban J connectivity index is 1.22. The van der Waals surface area contributed by atoms with Crippen LogP contribution in [0.3, 0.4) is 0 Å². The molecule has 0 spiro atoms. The maximum Gasteiger partial charge on any atom is 0.254 e. The fraction of sp³-hybridized carbons (Fsp3) is 0.231. The molecule has 34 heavy (non-hydrogen) atoms. The van der Waals surface area contributed by atoms with Crippen molar-refractivity contribution in [3.8, 4) is 0 Å². The summed E-state index contributed by atoms with van der Waals surface area (Å²) in [5, 5.41) is 7.49. The standard InChI is InChI=1S/C26H26N6O2/c1-17-12-23(27)29-21-9-10-22(25(17)21)30-26(34)20-13-28-32(16-20)15-19-7-5-18(6-8-19)14-31-11-3-2-4-24(31)33/h2-8,11-13,16,22H,9-10,14-15H2,1H3,(H2,27,29)(H,30,34). The summed E-state index contributed by atoms with van der Waals surface area (Å²) in [5.41, 5.74) is 11.6. The third-order valence-corrected chi connectivity index (χ3v) is 6.20. The molecule has 0 saturated carbocycles. The van der Waals surface area contributed by atoms with E-state index in [2.05, 4.69) is 15.4 Å². The SMILES string of the molecule is Cc1cc(N)nc2c1C(NC(=O)c1cnn(Cc3ccc(Cn4ccccc4=O)cc3)c1)CC2. The molecule has 0 radical (unpaired) electrons. The number of aryl methyl sites for hydroxylation is 2. The Labute approximate surface area is 197 Å². The Morgan fingerprint density at radius 3 is 2.68 bits per heavy atom. The van der Waals surface area contributed by atoms with Crippen LogP contribution < -0.4 is 16.6 Å². The number of nitrogens with one attached hydrogen (secondary N) is 1. The number of carbonyl (C=O) groups excluding carboxylic acids is 1. The number of aromatic nitrogens is 4. The van der Waals surface area contributed by atoms with Crippen LogP contribution in [0.4, 0.5) is 5.82 Å². The zero-order chi connectivity index (χ0) is 23.7. The van der Waals surface area contributed by atoms with E-state index >= 15 is 0 Å². The summed E-state index contributed by atoms with van der Waals surface area (Å²) in [6.07, 6.45) is 6.75. The van der Waals surface area contributed by atoms with E-state index in [9.17, 15) is 9.59 Å². The predicted molar refractivity (Wildman–Crippen MR) is 129 cm³/mol. The molecule has 8 heteroatoms. The number of amides is 1. The highest BCUT2D eigenvalue weighted by atomic mass is 16.1. The summed E-state index contributed by atoms with van der Waals surface area (Å²) in [7, 11) is 0. The average molecular weight is 455 g/mol. The number of hydrogen-bond acceptors (Lipinski definition) is 5. The lowest BCUT2D eigenvalue weighted by atomic mass is 10.0. The van der Waals surface area contributed by atoms with E-state index < -0.39 is 0 Å². The van der Waals surface area contributed by atoms with Gasteiger partial charge in [0.05, 0.1) is 30.9 Å². The predicted octanol–water partition coefficient (Wildman–Crippen LogP) is 2.84. The summed E-state index contributed by atoms with van der Waals surface area (Å²) >= 11 is 0. The van der Waals surface area contributed by atoms with Gasteiger partial charge in [-0.15, -0.1) is 0 Å². The first-order valence-electron chi connectivity index (χ1n) is 11.3. The van der Waals surface area contributed by atoms with Crippen LogP contribution in [0.2, 0.25) is 0 Å². The summed E-state index contributed by atoms with van der Waals surface area (Å²) < 4.78 is 3.42. The first kappa shape index (κ1) is 21.6. The lowest BCUT2D eigenvalue weighted by molar-refractivity contribution is 0.0936. The van der Waals surface area contributed by atoms with E-state index in [1.165, 1.54) is 0 Å². The Morgan fingerprint density at radius 2 is 1.91 bits per heavy atom. The van der Waals surface area contributed by atoms with Crippen molar-refractivity contribution in [3.05, 3.63) is 111 Å². The van der Waals surface area contributed by atoms with Gasteiger partial charge in [-0.05, 0) is 54.2 Å². The highest BCUT2D eigenvalue weighted by Gasteiger charge is 2.28. The third-order valence-electron chi connectivity index (χ3n) is 6.20. The zero-order valence-electron chi connectivity index (χ0n) is 18.9. The second-order valence-electron chi connectivity index (χ2n) is 8.70. The maximum absolute atomic E-state index is 12.9. The molecular formula is C26H26N6O2. The molecule has 5 rings (SSSR count). The monoisotopic (exact) mass is 454 g/mol. The number of hydrogen-bond donors (Lipinski definition) is 2. The minimum Gasteiger partial charge on any atom is -0.384 e. The van der Waals surface area contributed by atoms with Crippen LogP contribution in [0.5, 0.6) is 0 Å². The highest BCUT2D eigenvalue weighted by molar-refractivity contribution is 5.94. The molecule has 172 valence electrons. The average Bonchev–Trinajstić information content (AvgIpc) is 3.44. The van der Waals surface area contributed by atoms with E-state index in [1.807, 2.05) is 43.3 Å². The quantitative estimate of drug-likeness (QED) is 0.466. The molecule has 4 aromatic rings. The number of rotatable bonds is 6. The van der Waals surface area contributed by atoms with Crippen molar-refractivity contribution in [1.82, 2.24) is 24.6 Å². The van der Waals surface area contributed by atoms with Crippen molar-refractivity contribution >= 4 is 11.7 Å². The van der Waals surface area contributed by atoms with Gasteiger partial charge in [0, 0.05) is 24.2 Å². The topological polar surface area (TPSA) is 108 Å². The normalized spacial score (nSPS) is 14.7. The maximum atomic E-state index is 12.9. The molecule has 1 aliphatic carbocycles. The van der Waals surface area contributed by atoms with Gasteiger partial charge in [-0.2, -0.15) is 5.10 Å². The third kappa shape index (κ3) is 4.47. The molecule has 3 heterocycles. The van der Waals surface area contributed by atoms with Crippen molar-refractivity contribution in [2.45, 2.75) is 38.9 Å². The van der Waals surface area contributed by atoms with Crippen molar-refractivity contribution in [2.24, 2.45) is 0 Å². The van der Waals surface area contributed by atoms with Crippen LogP contribution in [-0.2, 0) is 19.5 Å². The highest BCUT2D eigenvalue weighted by Crippen LogP contribution is 2.33. The molecular weight excluding hydrogens is 428 g/mol. The van der Waals surface area contributed by atoms with Gasteiger partial charge in [0.2, 0.25) is 0 Å². The van der Waals surface area contributed by atoms with Gasteiger partial charge < -0.3 is 15.6 Å². The molecule has 1 aliphatic rings. The number of benzene rings is 1. The molecule has 1 unspecified atom stereocenters. The second-order valence-corrected chi connectivity index (χ2v) is 8.70. The van der Waals surface area contributed by atoms with Crippen LogP contribution in [0.25, 0.3) is 0 Å². The van der Waals surface area contributed by atoms with Crippen molar-refractivity contribution in [3.63, 3.8) is 0 Å². The minimum atomic E-state index is -0.149. The molecule has 8 nitrogen and oxygen atoms in total. The summed E-state index contributed by atoms with van der Waals surface area (Å²) in [6.45, 7) is 3.08. The van der Waals surface area contributed by atoms with E-state index in [4.69, 9.17) is 5.73 Å². The summed E-state index contributed by atoms with van der Waals surface area (Å²) in [4.78, 5) is 29.2. The Hall–Kier alpha value is -4.20. The molecule has 1 atom stereocenters. The van der Waals surface area contributed by atoms with E-state index in [-0.39, 0.29) is 17.5 Å². The van der Waals surface area contributed by atoms with Gasteiger partial charge in [0.25, 0.3) is 11.5 Å². The Morgan fingerprint density at radius 1 is 1.15 bits per heavy atom. The molecule has 1 amide bonds. The molecule has 3 aromatic heterocycles. The van der Waals surface area contributed by atoms with E-state index in [0.717, 1.165) is 40.8 Å². The first-order valence-corrected chi connectivity index (χ1v) is 11.3. The molecule has 0 bridgehead atoms. The van der Waals surface area contributed by atoms with Gasteiger partial charge in [-0.25, -0.2) is 4.98 Å². The van der Waals surface area contributed by atoms with Gasteiger partial charge in [-0.3, -0.25) is 14.3 Å². The molecule has 1 aromatic carbocycles. The van der Waals surface area contributed by atoms with Crippen LogP contribution in [0.1, 0.15) is 50.8 Å². The number of carbonyl (C=O) groups is 1. The fourth-order valence-corrected chi connectivity index (χ4v) is 4.55. The molecule has 3 N–H and O–H groups in total. The zero-order valence-corrected chi connectivity index (χ0v) is 18.9. The second kappa shape index (κ2) is 8.97. The number of anilines is 1. The lowest BCUT2D eigenvalue weighted by Gasteiger charge is -2.15. The molecule has 0 fully saturated rings. The summed E-state index contributed by atoms with van der Waals surface area (Å²) in [6, 6.07) is 15.0. The number of pyridine rings is 2. The summed E-state index contributed by atoms with van der Waals surface area (Å²) in [5.74, 6) is 0.371. The van der Waals surface area contributed by atoms with Gasteiger partial charge in [0.15, 0.2) is 0 Å². The van der Waals surface area contributed by atoms with E-state index in [1.54, 1.807) is 40.0 Å². The number of nitrogens with zero attached hydrogens (tertiary/aromatic N) is 4. The largest absolute Gasteiger partial charge is 0.384 e. The van der Waals surface area contributed by atoms with Crippen LogP contribution >= 0.6 is 0 Å². The smallest absolute Gasteiger partial charge is 0.254 e. The van der Waals surface area contributed by atoms with Crippen molar-refractivity contribution < 1.29 is 4.79 Å². The number of fused-ring (bicyclic) bond motifs is 1. The number of nitrogens with two attached hydrogens (primary N) is 1. The molecule has 0 aliphatic heterocycles. The van der Waals surface area contributed by atoms with Crippen LogP contribution in [-0.4, -0.2) is 25.2 Å². The van der Waals surface area contributed by atoms with Gasteiger partial charge in [0.1, 0.15) is 5.82 Å². The minimum absolute atomic E-state index is 0.0226. The molecule has 0 saturated heterocycles. The van der Waals surface area contributed by atoms with Crippen molar-refractivity contribution in [2.75, 3.05) is 5.73 Å². The fourth-order valence-electron chi connectivity index (χ4n) is 4.55. The van der Waals surface area contributed by atoms with Gasteiger partial charge in [-0.1, -0.05) is 30.3 Å². The van der Waals surface area contributed by atoms with Crippen molar-refractivity contribution in [1.29, 1.82) is 0 Å². The van der Waals surface area contributed by atoms with Crippen LogP contribution in [0.15, 0.2) is 71.9 Å². The number of nitrogen functional groups attached to an aromatic ring is 1. The van der Waals surface area contributed by atoms with Gasteiger partial charge >= 0.3 is 0 Å². The Bertz CT molecular complexity index is 1400. The first-order chi connectivity index (χ1) is 16.5. The van der Waals surface area contributed by atoms with E-state index in [0.29, 0.717) is 24.5 Å².